The number of carbonyl (C=O) groups is 2. The molecule has 2 rings (SSSR count). The summed E-state index contributed by atoms with van der Waals surface area (Å²) in [4.78, 5) is 25.3. The van der Waals surface area contributed by atoms with Crippen molar-refractivity contribution >= 4 is 33.4 Å². The molecule has 0 spiro atoms. The lowest BCUT2D eigenvalue weighted by atomic mass is 10.1. The minimum Gasteiger partial charge on any atom is -0.347 e. The van der Waals surface area contributed by atoms with Crippen molar-refractivity contribution in [1.82, 2.24) is 9.62 Å². The van der Waals surface area contributed by atoms with Crippen LogP contribution in [0, 0.1) is 5.82 Å². The lowest BCUT2D eigenvalue weighted by molar-refractivity contribution is -0.114. The Hall–Kier alpha value is -2.98. The second-order valence-electron chi connectivity index (χ2n) is 8.07. The zero-order chi connectivity index (χ0) is 23.4. The van der Waals surface area contributed by atoms with E-state index in [1.807, 2.05) is 20.8 Å². The minimum atomic E-state index is -4.04. The number of para-hydroxylation sites is 1. The molecule has 2 aromatic rings. The predicted molar refractivity (Wildman–Crippen MR) is 119 cm³/mol. The van der Waals surface area contributed by atoms with Crippen LogP contribution in [-0.4, -0.2) is 50.7 Å². The molecular weight excluding hydrogens is 423 g/mol. The number of benzene rings is 2. The molecule has 0 aliphatic heterocycles. The maximum absolute atomic E-state index is 13.3. The van der Waals surface area contributed by atoms with Gasteiger partial charge in [0.2, 0.25) is 5.91 Å². The molecule has 2 amide bonds. The van der Waals surface area contributed by atoms with Crippen LogP contribution in [0.1, 0.15) is 31.1 Å². The van der Waals surface area contributed by atoms with E-state index in [1.165, 1.54) is 26.2 Å². The molecule has 0 atom stereocenters. The van der Waals surface area contributed by atoms with Gasteiger partial charge >= 0.3 is 10.2 Å². The molecule has 0 aromatic heterocycles. The van der Waals surface area contributed by atoms with E-state index >= 15 is 0 Å². The summed E-state index contributed by atoms with van der Waals surface area (Å²) >= 11 is 0. The molecule has 2 N–H and O–H groups in total. The largest absolute Gasteiger partial charge is 0.347 e. The van der Waals surface area contributed by atoms with Gasteiger partial charge in [0, 0.05) is 19.6 Å². The highest BCUT2D eigenvalue weighted by Crippen LogP contribution is 2.21. The summed E-state index contributed by atoms with van der Waals surface area (Å²) < 4.78 is 40.6. The van der Waals surface area contributed by atoms with Gasteiger partial charge < -0.3 is 10.6 Å². The van der Waals surface area contributed by atoms with Crippen LogP contribution < -0.4 is 14.9 Å². The Morgan fingerprint density at radius 1 is 1.00 bits per heavy atom. The van der Waals surface area contributed by atoms with E-state index in [-0.39, 0.29) is 22.8 Å². The second-order valence-corrected chi connectivity index (χ2v) is 10.1. The van der Waals surface area contributed by atoms with Crippen molar-refractivity contribution in [2.45, 2.75) is 26.3 Å². The minimum absolute atomic E-state index is 0.129. The molecular formula is C21H27FN4O4S. The van der Waals surface area contributed by atoms with Crippen molar-refractivity contribution in [3.8, 4) is 0 Å². The zero-order valence-electron chi connectivity index (χ0n) is 18.1. The standard InChI is InChI=1S/C21H27FN4O4S/c1-21(2,3)24-20(28)17-8-6-7-9-18(17)23-19(27)14-26(31(29,30)25(4)5)16-12-10-15(22)11-13-16/h6-13H,14H2,1-5H3,(H,23,27)(H,24,28). The molecule has 31 heavy (non-hydrogen) atoms. The highest BCUT2D eigenvalue weighted by Gasteiger charge is 2.28. The van der Waals surface area contributed by atoms with Crippen LogP contribution in [0.5, 0.6) is 0 Å². The summed E-state index contributed by atoms with van der Waals surface area (Å²) in [6, 6.07) is 11.2. The third-order valence-corrected chi connectivity index (χ3v) is 5.90. The Balaban J connectivity index is 2.30. The Bertz CT molecular complexity index is 1050. The summed E-state index contributed by atoms with van der Waals surface area (Å²) in [7, 11) is -1.38. The third kappa shape index (κ3) is 6.50. The number of hydrogen-bond acceptors (Lipinski definition) is 4. The maximum atomic E-state index is 13.3. The van der Waals surface area contributed by atoms with Crippen LogP contribution in [0.25, 0.3) is 0 Å². The van der Waals surface area contributed by atoms with Gasteiger partial charge in [-0.05, 0) is 57.2 Å². The van der Waals surface area contributed by atoms with Gasteiger partial charge in [-0.25, -0.2) is 8.70 Å². The molecule has 0 bridgehead atoms. The van der Waals surface area contributed by atoms with Gasteiger partial charge in [-0.3, -0.25) is 9.59 Å². The van der Waals surface area contributed by atoms with Crippen LogP contribution in [0.4, 0.5) is 15.8 Å². The Kier molecular flexibility index (Phi) is 7.40. The predicted octanol–water partition coefficient (Wildman–Crippen LogP) is 2.61. The molecule has 168 valence electrons. The molecule has 0 aliphatic rings. The van der Waals surface area contributed by atoms with Crippen LogP contribution in [0.15, 0.2) is 48.5 Å². The van der Waals surface area contributed by atoms with Crippen LogP contribution in [0.2, 0.25) is 0 Å². The van der Waals surface area contributed by atoms with Crippen molar-refractivity contribution < 1.29 is 22.4 Å². The number of nitrogens with one attached hydrogen (secondary N) is 2. The van der Waals surface area contributed by atoms with Gasteiger partial charge in [-0.15, -0.1) is 0 Å². The van der Waals surface area contributed by atoms with E-state index in [0.29, 0.717) is 0 Å². The highest BCUT2D eigenvalue weighted by atomic mass is 32.2. The Morgan fingerprint density at radius 3 is 2.13 bits per heavy atom. The fraction of sp³-hybridized carbons (Fsp3) is 0.333. The summed E-state index contributed by atoms with van der Waals surface area (Å²) in [5, 5.41) is 5.42. The van der Waals surface area contributed by atoms with Gasteiger partial charge in [0.25, 0.3) is 5.91 Å². The topological polar surface area (TPSA) is 98.8 Å². The number of anilines is 2. The van der Waals surface area contributed by atoms with Gasteiger partial charge in [0.05, 0.1) is 16.9 Å². The molecule has 0 saturated carbocycles. The molecule has 0 heterocycles. The van der Waals surface area contributed by atoms with Crippen LogP contribution >= 0.6 is 0 Å². The Labute approximate surface area is 182 Å². The first-order valence-electron chi connectivity index (χ1n) is 9.48. The number of hydrogen-bond donors (Lipinski definition) is 2. The first kappa shape index (κ1) is 24.3. The normalized spacial score (nSPS) is 11.8. The quantitative estimate of drug-likeness (QED) is 0.677. The van der Waals surface area contributed by atoms with Gasteiger partial charge in [-0.2, -0.15) is 12.7 Å². The van der Waals surface area contributed by atoms with Crippen molar-refractivity contribution in [2.75, 3.05) is 30.3 Å². The van der Waals surface area contributed by atoms with Crippen molar-refractivity contribution in [3.63, 3.8) is 0 Å². The van der Waals surface area contributed by atoms with Crippen LogP contribution in [0.3, 0.4) is 0 Å². The molecule has 0 unspecified atom stereocenters. The van der Waals surface area contributed by atoms with E-state index in [9.17, 15) is 22.4 Å². The van der Waals surface area contributed by atoms with Crippen molar-refractivity contribution in [2.24, 2.45) is 0 Å². The highest BCUT2D eigenvalue weighted by molar-refractivity contribution is 7.90. The van der Waals surface area contributed by atoms with Crippen molar-refractivity contribution in [1.29, 1.82) is 0 Å². The van der Waals surface area contributed by atoms with Crippen LogP contribution in [-0.2, 0) is 15.0 Å². The number of rotatable bonds is 7. The first-order valence-corrected chi connectivity index (χ1v) is 10.9. The number of nitrogens with zero attached hydrogens (tertiary/aromatic N) is 2. The van der Waals surface area contributed by atoms with Gasteiger partial charge in [0.15, 0.2) is 0 Å². The van der Waals surface area contributed by atoms with E-state index in [0.717, 1.165) is 20.7 Å². The maximum Gasteiger partial charge on any atom is 0.304 e. The average molecular weight is 451 g/mol. The number of carbonyl (C=O) groups excluding carboxylic acids is 2. The molecule has 2 aromatic carbocycles. The number of amides is 2. The summed E-state index contributed by atoms with van der Waals surface area (Å²) in [6.45, 7) is 4.93. The molecule has 8 nitrogen and oxygen atoms in total. The SMILES string of the molecule is CN(C)S(=O)(=O)N(CC(=O)Nc1ccccc1C(=O)NC(C)(C)C)c1ccc(F)cc1. The zero-order valence-corrected chi connectivity index (χ0v) is 19.0. The van der Waals surface area contributed by atoms with E-state index in [1.54, 1.807) is 24.3 Å². The fourth-order valence-corrected chi connectivity index (χ4v) is 3.69. The van der Waals surface area contributed by atoms with Gasteiger partial charge in [0.1, 0.15) is 12.4 Å². The van der Waals surface area contributed by atoms with Gasteiger partial charge in [-0.1, -0.05) is 12.1 Å². The monoisotopic (exact) mass is 450 g/mol. The van der Waals surface area contributed by atoms with Crippen molar-refractivity contribution in [3.05, 3.63) is 59.9 Å². The summed E-state index contributed by atoms with van der Waals surface area (Å²) in [5.74, 6) is -1.57. The third-order valence-electron chi connectivity index (χ3n) is 4.08. The smallest absolute Gasteiger partial charge is 0.304 e. The number of halogens is 1. The average Bonchev–Trinajstić information content (AvgIpc) is 2.65. The van der Waals surface area contributed by atoms with E-state index in [2.05, 4.69) is 10.6 Å². The second kappa shape index (κ2) is 9.44. The molecule has 0 fully saturated rings. The lowest BCUT2D eigenvalue weighted by Crippen LogP contribution is -2.44. The molecule has 0 radical (unpaired) electrons. The first-order chi connectivity index (χ1) is 14.3. The molecule has 10 heteroatoms. The summed E-state index contributed by atoms with van der Waals surface area (Å²) in [5.41, 5.74) is 0.141. The Morgan fingerprint density at radius 2 is 1.58 bits per heavy atom. The molecule has 0 saturated heterocycles. The van der Waals surface area contributed by atoms with E-state index < -0.39 is 34.0 Å². The van der Waals surface area contributed by atoms with E-state index in [4.69, 9.17) is 0 Å². The summed E-state index contributed by atoms with van der Waals surface area (Å²) in [6.07, 6.45) is 0. The lowest BCUT2D eigenvalue weighted by Gasteiger charge is -2.27. The molecule has 0 aliphatic carbocycles. The fourth-order valence-electron chi connectivity index (χ4n) is 2.63.